The van der Waals surface area contributed by atoms with Crippen LogP contribution in [0.15, 0.2) is 23.8 Å². The molecule has 0 aromatic rings. The van der Waals surface area contributed by atoms with Crippen molar-refractivity contribution in [2.24, 2.45) is 5.92 Å². The molecular formula is C22H27ClO10. The number of esters is 4. The van der Waals surface area contributed by atoms with Crippen molar-refractivity contribution in [2.45, 2.75) is 69.2 Å². The molecule has 2 fully saturated rings. The molecule has 0 aromatic heterocycles. The van der Waals surface area contributed by atoms with Crippen molar-refractivity contribution in [3.05, 3.63) is 23.8 Å². The topological polar surface area (TPSA) is 138 Å². The first-order valence-electron chi connectivity index (χ1n) is 10.4. The first kappa shape index (κ1) is 25.2. The number of carbonyl (C=O) groups is 4. The minimum atomic E-state index is -2.10. The number of aliphatic hydroxyl groups is 1. The highest BCUT2D eigenvalue weighted by Gasteiger charge is 2.65. The fraction of sp³-hybridized carbons (Fsp3) is 0.636. The maximum Gasteiger partial charge on any atom is 0.339 e. The Morgan fingerprint density at radius 1 is 1.36 bits per heavy atom. The summed E-state index contributed by atoms with van der Waals surface area (Å²) in [5.74, 6) is -5.03. The SMILES string of the molecule is C=C1C(=O)O[C@H]2[C@H]1[C@@H](OC(=O)C(C)(O)CCl)[C@@H](OC(C)=O)/C(C(=O)OC)=C\CC[C@@]1(C)O[C@H]21. The van der Waals surface area contributed by atoms with Gasteiger partial charge in [-0.25, -0.2) is 14.4 Å². The smallest absolute Gasteiger partial charge is 0.339 e. The molecule has 0 amide bonds. The molecular weight excluding hydrogens is 460 g/mol. The van der Waals surface area contributed by atoms with E-state index < -0.39 is 71.3 Å². The van der Waals surface area contributed by atoms with Crippen LogP contribution in [0.3, 0.4) is 0 Å². The van der Waals surface area contributed by atoms with Gasteiger partial charge in [0, 0.05) is 12.5 Å². The molecule has 0 bridgehead atoms. The molecule has 2 heterocycles. The summed E-state index contributed by atoms with van der Waals surface area (Å²) >= 11 is 5.71. The number of rotatable bonds is 5. The minimum Gasteiger partial charge on any atom is -0.466 e. The van der Waals surface area contributed by atoms with Gasteiger partial charge in [-0.1, -0.05) is 12.7 Å². The fourth-order valence-corrected chi connectivity index (χ4v) is 4.29. The third kappa shape index (κ3) is 4.78. The Morgan fingerprint density at radius 3 is 2.61 bits per heavy atom. The molecule has 3 aliphatic rings. The highest BCUT2D eigenvalue weighted by atomic mass is 35.5. The Balaban J connectivity index is 2.17. The third-order valence-electron chi connectivity index (χ3n) is 6.12. The van der Waals surface area contributed by atoms with Crippen molar-refractivity contribution in [1.82, 2.24) is 0 Å². The van der Waals surface area contributed by atoms with Crippen LogP contribution in [-0.4, -0.2) is 77.6 Å². The molecule has 1 aliphatic carbocycles. The van der Waals surface area contributed by atoms with Gasteiger partial charge in [-0.2, -0.15) is 0 Å². The van der Waals surface area contributed by atoms with Crippen LogP contribution in [-0.2, 0) is 42.9 Å². The molecule has 1 N–H and O–H groups in total. The van der Waals surface area contributed by atoms with Crippen molar-refractivity contribution in [3.63, 3.8) is 0 Å². The summed E-state index contributed by atoms with van der Waals surface area (Å²) < 4.78 is 27.3. The van der Waals surface area contributed by atoms with Gasteiger partial charge in [0.05, 0.1) is 30.1 Å². The van der Waals surface area contributed by atoms with E-state index in [1.54, 1.807) is 0 Å². The van der Waals surface area contributed by atoms with Crippen molar-refractivity contribution in [2.75, 3.05) is 13.0 Å². The summed E-state index contributed by atoms with van der Waals surface area (Å²) in [5.41, 5.74) is -2.90. The minimum absolute atomic E-state index is 0.0527. The number of alkyl halides is 1. The molecule has 11 heteroatoms. The van der Waals surface area contributed by atoms with Gasteiger partial charge in [-0.15, -0.1) is 11.6 Å². The molecule has 0 aromatic carbocycles. The predicted octanol–water partition coefficient (Wildman–Crippen LogP) is 0.968. The standard InChI is InChI=1S/C22H27ClO10/c1-10-13-15(32-20(27)21(3,28)9-23)14(30-11(2)24)12(19(26)29-5)7-6-8-22(4)17(33-22)16(13)31-18(10)25/h7,13-17,28H,1,6,8-9H2,2-5H3/b12-7+/t13-,14+,15-,16+,17-,21?,22-/m1/s1. The average molecular weight is 487 g/mol. The lowest BCUT2D eigenvalue weighted by atomic mass is 9.80. The number of methoxy groups -OCH3 is 1. The summed E-state index contributed by atoms with van der Waals surface area (Å²) in [7, 11) is 1.15. The highest BCUT2D eigenvalue weighted by molar-refractivity contribution is 6.20. The van der Waals surface area contributed by atoms with Crippen LogP contribution in [0.5, 0.6) is 0 Å². The largest absolute Gasteiger partial charge is 0.466 e. The Morgan fingerprint density at radius 2 is 2.03 bits per heavy atom. The van der Waals surface area contributed by atoms with E-state index in [2.05, 4.69) is 6.58 Å². The zero-order valence-corrected chi connectivity index (χ0v) is 19.5. The van der Waals surface area contributed by atoms with Crippen LogP contribution in [0, 0.1) is 5.92 Å². The second-order valence-corrected chi connectivity index (χ2v) is 9.04. The van der Waals surface area contributed by atoms with Crippen LogP contribution < -0.4 is 0 Å². The maximum atomic E-state index is 12.8. The van der Waals surface area contributed by atoms with Gasteiger partial charge < -0.3 is 28.8 Å². The van der Waals surface area contributed by atoms with Crippen LogP contribution in [0.2, 0.25) is 0 Å². The van der Waals surface area contributed by atoms with E-state index >= 15 is 0 Å². The molecule has 7 atom stereocenters. The van der Waals surface area contributed by atoms with Crippen molar-refractivity contribution >= 4 is 35.5 Å². The first-order valence-corrected chi connectivity index (χ1v) is 10.9. The number of halogens is 1. The highest BCUT2D eigenvalue weighted by Crippen LogP contribution is 2.50. The molecule has 0 saturated carbocycles. The number of hydrogen-bond donors (Lipinski definition) is 1. The Kier molecular flexibility index (Phi) is 6.93. The second kappa shape index (κ2) is 9.08. The average Bonchev–Trinajstić information content (AvgIpc) is 3.34. The van der Waals surface area contributed by atoms with Gasteiger partial charge in [0.25, 0.3) is 0 Å². The van der Waals surface area contributed by atoms with Crippen LogP contribution in [0.1, 0.15) is 33.6 Å². The van der Waals surface area contributed by atoms with Crippen LogP contribution in [0.4, 0.5) is 0 Å². The Labute approximate surface area is 195 Å². The van der Waals surface area contributed by atoms with E-state index in [-0.39, 0.29) is 11.1 Å². The molecule has 33 heavy (non-hydrogen) atoms. The first-order chi connectivity index (χ1) is 15.4. The van der Waals surface area contributed by atoms with E-state index in [0.717, 1.165) is 21.0 Å². The van der Waals surface area contributed by atoms with Gasteiger partial charge >= 0.3 is 23.9 Å². The third-order valence-corrected chi connectivity index (χ3v) is 6.64. The molecule has 2 aliphatic heterocycles. The van der Waals surface area contributed by atoms with Crippen LogP contribution in [0.25, 0.3) is 0 Å². The van der Waals surface area contributed by atoms with Gasteiger partial charge in [0.1, 0.15) is 12.2 Å². The predicted molar refractivity (Wildman–Crippen MR) is 112 cm³/mol. The Bertz CT molecular complexity index is 909. The lowest BCUT2D eigenvalue weighted by Gasteiger charge is -2.35. The van der Waals surface area contributed by atoms with E-state index in [1.165, 1.54) is 6.08 Å². The molecule has 10 nitrogen and oxygen atoms in total. The van der Waals surface area contributed by atoms with Crippen molar-refractivity contribution < 1.29 is 48.0 Å². The summed E-state index contributed by atoms with van der Waals surface area (Å²) in [5, 5.41) is 10.3. The van der Waals surface area contributed by atoms with Crippen molar-refractivity contribution in [1.29, 1.82) is 0 Å². The number of epoxide rings is 1. The molecule has 0 radical (unpaired) electrons. The normalized spacial score (nSPS) is 36.7. The van der Waals surface area contributed by atoms with E-state index in [1.807, 2.05) is 6.92 Å². The quantitative estimate of drug-likeness (QED) is 0.196. The lowest BCUT2D eigenvalue weighted by molar-refractivity contribution is -0.183. The van der Waals surface area contributed by atoms with Crippen LogP contribution >= 0.6 is 11.6 Å². The number of ether oxygens (including phenoxy) is 5. The monoisotopic (exact) mass is 486 g/mol. The zero-order chi connectivity index (χ0) is 24.7. The summed E-state index contributed by atoms with van der Waals surface area (Å²) in [6, 6.07) is 0. The molecule has 182 valence electrons. The van der Waals surface area contributed by atoms with E-state index in [0.29, 0.717) is 12.8 Å². The van der Waals surface area contributed by atoms with E-state index in [9.17, 15) is 24.3 Å². The Hall–Kier alpha value is -2.43. The number of fused-ring (bicyclic) bond motifs is 3. The molecule has 3 rings (SSSR count). The van der Waals surface area contributed by atoms with Crippen molar-refractivity contribution in [3.8, 4) is 0 Å². The fourth-order valence-electron chi connectivity index (χ4n) is 4.18. The summed E-state index contributed by atoms with van der Waals surface area (Å²) in [6.45, 7) is 7.87. The molecule has 0 spiro atoms. The number of allylic oxidation sites excluding steroid dienone is 1. The maximum absolute atomic E-state index is 12.8. The zero-order valence-electron chi connectivity index (χ0n) is 18.8. The van der Waals surface area contributed by atoms with Gasteiger partial charge in [0.2, 0.25) is 0 Å². The number of hydrogen-bond acceptors (Lipinski definition) is 10. The summed E-state index contributed by atoms with van der Waals surface area (Å²) in [4.78, 5) is 50.0. The van der Waals surface area contributed by atoms with Gasteiger partial charge in [0.15, 0.2) is 17.8 Å². The van der Waals surface area contributed by atoms with E-state index in [4.69, 9.17) is 35.3 Å². The molecule has 2 saturated heterocycles. The second-order valence-electron chi connectivity index (χ2n) is 8.77. The van der Waals surface area contributed by atoms with Gasteiger partial charge in [-0.3, -0.25) is 4.79 Å². The lowest BCUT2D eigenvalue weighted by Crippen LogP contribution is -2.51. The molecule has 1 unspecified atom stereocenters. The summed E-state index contributed by atoms with van der Waals surface area (Å²) in [6.07, 6.45) is -2.09. The number of carbonyl (C=O) groups excluding carboxylic acids is 4. The van der Waals surface area contributed by atoms with Gasteiger partial charge in [-0.05, 0) is 26.7 Å².